The molecule has 0 radical (unpaired) electrons. The third-order valence-corrected chi connectivity index (χ3v) is 3.10. The lowest BCUT2D eigenvalue weighted by molar-refractivity contribution is 0.303. The summed E-state index contributed by atoms with van der Waals surface area (Å²) >= 11 is 1.68. The van der Waals surface area contributed by atoms with Crippen LogP contribution < -0.4 is 15.2 Å². The fourth-order valence-corrected chi connectivity index (χ4v) is 2.05. The van der Waals surface area contributed by atoms with Crippen molar-refractivity contribution in [3.8, 4) is 11.5 Å². The van der Waals surface area contributed by atoms with Crippen LogP contribution in [0.5, 0.6) is 11.5 Å². The number of ether oxygens (including phenoxy) is 2. The minimum Gasteiger partial charge on any atom is -0.492 e. The average Bonchev–Trinajstić information content (AvgIpc) is 2.83. The maximum absolute atomic E-state index is 5.79. The minimum atomic E-state index is 0.577. The molecule has 0 unspecified atom stereocenters. The highest BCUT2D eigenvalue weighted by atomic mass is 32.1. The smallest absolute Gasteiger partial charge is 0.145 e. The van der Waals surface area contributed by atoms with E-state index in [9.17, 15) is 0 Å². The van der Waals surface area contributed by atoms with Crippen LogP contribution in [0.2, 0.25) is 0 Å². The van der Waals surface area contributed by atoms with Crippen molar-refractivity contribution in [3.63, 3.8) is 0 Å². The topological polar surface area (TPSA) is 44.5 Å². The molecule has 0 amide bonds. The van der Waals surface area contributed by atoms with Gasteiger partial charge in [0.2, 0.25) is 0 Å². The zero-order valence-corrected chi connectivity index (χ0v) is 10.5. The van der Waals surface area contributed by atoms with Crippen LogP contribution in [0.25, 0.3) is 0 Å². The Hall–Kier alpha value is -1.68. The van der Waals surface area contributed by atoms with Gasteiger partial charge in [-0.3, -0.25) is 0 Å². The van der Waals surface area contributed by atoms with Crippen LogP contribution in [0.15, 0.2) is 35.7 Å². The lowest BCUT2D eigenvalue weighted by Gasteiger charge is -2.10. The van der Waals surface area contributed by atoms with Crippen LogP contribution in [0, 0.1) is 0 Å². The molecule has 0 saturated heterocycles. The quantitative estimate of drug-likeness (QED) is 0.827. The second-order valence-electron chi connectivity index (χ2n) is 3.50. The number of rotatable bonds is 5. The molecule has 17 heavy (non-hydrogen) atoms. The van der Waals surface area contributed by atoms with E-state index >= 15 is 0 Å². The van der Waals surface area contributed by atoms with E-state index in [2.05, 4.69) is 0 Å². The van der Waals surface area contributed by atoms with Gasteiger partial charge in [-0.15, -0.1) is 11.3 Å². The molecule has 1 aromatic carbocycles. The van der Waals surface area contributed by atoms with Gasteiger partial charge in [-0.25, -0.2) is 0 Å². The predicted octanol–water partition coefficient (Wildman–Crippen LogP) is 3.31. The summed E-state index contributed by atoms with van der Waals surface area (Å²) in [6.07, 6.45) is 0. The first-order valence-corrected chi connectivity index (χ1v) is 6.35. The molecule has 90 valence electrons. The molecule has 0 atom stereocenters. The van der Waals surface area contributed by atoms with Gasteiger partial charge in [-0.05, 0) is 30.5 Å². The summed E-state index contributed by atoms with van der Waals surface area (Å²) < 4.78 is 11.1. The van der Waals surface area contributed by atoms with E-state index in [1.165, 1.54) is 4.88 Å². The van der Waals surface area contributed by atoms with Crippen LogP contribution >= 0.6 is 11.3 Å². The fraction of sp³-hybridized carbons (Fsp3) is 0.231. The Labute approximate surface area is 105 Å². The van der Waals surface area contributed by atoms with Crippen LogP contribution in [-0.4, -0.2) is 6.61 Å². The largest absolute Gasteiger partial charge is 0.492 e. The van der Waals surface area contributed by atoms with Crippen molar-refractivity contribution in [1.82, 2.24) is 0 Å². The van der Waals surface area contributed by atoms with Crippen molar-refractivity contribution in [3.05, 3.63) is 40.6 Å². The number of hydrogen-bond acceptors (Lipinski definition) is 4. The summed E-state index contributed by atoms with van der Waals surface area (Å²) in [5.74, 6) is 1.45. The third-order valence-electron chi connectivity index (χ3n) is 2.25. The Morgan fingerprint density at radius 1 is 1.24 bits per heavy atom. The van der Waals surface area contributed by atoms with Gasteiger partial charge in [0.15, 0.2) is 0 Å². The highest BCUT2D eigenvalue weighted by Crippen LogP contribution is 2.27. The van der Waals surface area contributed by atoms with Gasteiger partial charge >= 0.3 is 0 Å². The molecular weight excluding hydrogens is 234 g/mol. The van der Waals surface area contributed by atoms with Crippen LogP contribution in [0.1, 0.15) is 11.8 Å². The van der Waals surface area contributed by atoms with Crippen molar-refractivity contribution in [1.29, 1.82) is 0 Å². The zero-order valence-electron chi connectivity index (χ0n) is 9.68. The van der Waals surface area contributed by atoms with E-state index in [-0.39, 0.29) is 0 Å². The van der Waals surface area contributed by atoms with Gasteiger partial charge in [0.1, 0.15) is 18.1 Å². The molecule has 0 aliphatic heterocycles. The summed E-state index contributed by atoms with van der Waals surface area (Å²) in [5, 5.41) is 2.04. The molecule has 2 N–H and O–H groups in total. The highest BCUT2D eigenvalue weighted by molar-refractivity contribution is 7.09. The van der Waals surface area contributed by atoms with Gasteiger partial charge in [-0.1, -0.05) is 6.07 Å². The first kappa shape index (κ1) is 11.8. The maximum atomic E-state index is 5.79. The Balaban J connectivity index is 2.03. The van der Waals surface area contributed by atoms with Crippen LogP contribution in [0.4, 0.5) is 5.69 Å². The predicted molar refractivity (Wildman–Crippen MR) is 70.7 cm³/mol. The molecule has 3 nitrogen and oxygen atoms in total. The molecule has 0 aliphatic carbocycles. The van der Waals surface area contributed by atoms with Crippen molar-refractivity contribution in [2.75, 3.05) is 12.3 Å². The first-order chi connectivity index (χ1) is 8.29. The number of anilines is 1. The summed E-state index contributed by atoms with van der Waals surface area (Å²) in [5.41, 5.74) is 6.42. The molecule has 0 bridgehead atoms. The Bertz CT molecular complexity index is 468. The fourth-order valence-electron chi connectivity index (χ4n) is 1.43. The normalized spacial score (nSPS) is 10.2. The Morgan fingerprint density at radius 3 is 2.82 bits per heavy atom. The van der Waals surface area contributed by atoms with E-state index in [0.717, 1.165) is 5.75 Å². The first-order valence-electron chi connectivity index (χ1n) is 5.47. The van der Waals surface area contributed by atoms with Gasteiger partial charge in [0.25, 0.3) is 0 Å². The van der Waals surface area contributed by atoms with Gasteiger partial charge < -0.3 is 15.2 Å². The SMILES string of the molecule is CCOc1cc(OCc2cccs2)ccc1N. The molecule has 0 fully saturated rings. The molecular formula is C13H15NO2S. The van der Waals surface area contributed by atoms with Crippen molar-refractivity contribution in [2.24, 2.45) is 0 Å². The zero-order chi connectivity index (χ0) is 12.1. The third kappa shape index (κ3) is 3.14. The molecule has 4 heteroatoms. The van der Waals surface area contributed by atoms with Gasteiger partial charge in [0, 0.05) is 10.9 Å². The van der Waals surface area contributed by atoms with Crippen LogP contribution in [-0.2, 0) is 6.61 Å². The summed E-state index contributed by atoms with van der Waals surface area (Å²) in [6, 6.07) is 9.54. The monoisotopic (exact) mass is 249 g/mol. The van der Waals surface area contributed by atoms with E-state index in [4.69, 9.17) is 15.2 Å². The van der Waals surface area contributed by atoms with E-state index in [0.29, 0.717) is 24.7 Å². The lowest BCUT2D eigenvalue weighted by Crippen LogP contribution is -1.98. The standard InChI is InChI=1S/C13H15NO2S/c1-2-15-13-8-10(5-6-12(13)14)16-9-11-4-3-7-17-11/h3-8H,2,9,14H2,1H3. The summed E-state index contributed by atoms with van der Waals surface area (Å²) in [7, 11) is 0. The summed E-state index contributed by atoms with van der Waals surface area (Å²) in [4.78, 5) is 1.19. The molecule has 1 aromatic heterocycles. The Morgan fingerprint density at radius 2 is 2.12 bits per heavy atom. The number of nitrogens with two attached hydrogens (primary N) is 1. The van der Waals surface area contributed by atoms with E-state index in [1.807, 2.05) is 36.6 Å². The Kier molecular flexibility index (Phi) is 3.88. The van der Waals surface area contributed by atoms with E-state index in [1.54, 1.807) is 17.4 Å². The number of benzene rings is 1. The highest BCUT2D eigenvalue weighted by Gasteiger charge is 2.03. The average molecular weight is 249 g/mol. The van der Waals surface area contributed by atoms with Gasteiger partial charge in [-0.2, -0.15) is 0 Å². The number of thiophene rings is 1. The minimum absolute atomic E-state index is 0.577. The molecule has 0 spiro atoms. The summed E-state index contributed by atoms with van der Waals surface area (Å²) in [6.45, 7) is 3.10. The number of nitrogen functional groups attached to an aromatic ring is 1. The van der Waals surface area contributed by atoms with E-state index < -0.39 is 0 Å². The molecule has 1 heterocycles. The second kappa shape index (κ2) is 5.59. The van der Waals surface area contributed by atoms with Crippen LogP contribution in [0.3, 0.4) is 0 Å². The molecule has 0 saturated carbocycles. The number of hydrogen-bond donors (Lipinski definition) is 1. The van der Waals surface area contributed by atoms with Gasteiger partial charge in [0.05, 0.1) is 12.3 Å². The van der Waals surface area contributed by atoms with Crippen molar-refractivity contribution >= 4 is 17.0 Å². The molecule has 2 rings (SSSR count). The second-order valence-corrected chi connectivity index (χ2v) is 4.53. The van der Waals surface area contributed by atoms with Crippen molar-refractivity contribution in [2.45, 2.75) is 13.5 Å². The molecule has 0 aliphatic rings. The van der Waals surface area contributed by atoms with Crippen molar-refractivity contribution < 1.29 is 9.47 Å². The molecule has 2 aromatic rings. The maximum Gasteiger partial charge on any atom is 0.145 e. The lowest BCUT2D eigenvalue weighted by atomic mass is 10.3.